The first kappa shape index (κ1) is 13.0. The van der Waals surface area contributed by atoms with Gasteiger partial charge in [-0.25, -0.2) is 9.37 Å². The lowest BCUT2D eigenvalue weighted by Gasteiger charge is -2.36. The van der Waals surface area contributed by atoms with Crippen LogP contribution in [0.3, 0.4) is 0 Å². The van der Waals surface area contributed by atoms with Crippen molar-refractivity contribution >= 4 is 11.8 Å². The minimum absolute atomic E-state index is 0.0747. The first-order valence-electron chi connectivity index (χ1n) is 6.27. The summed E-state index contributed by atoms with van der Waals surface area (Å²) in [6, 6.07) is 0. The molecule has 2 rings (SSSR count). The van der Waals surface area contributed by atoms with E-state index in [0.717, 1.165) is 0 Å². The Morgan fingerprint density at radius 2 is 2.11 bits per heavy atom. The van der Waals surface area contributed by atoms with Gasteiger partial charge < -0.3 is 15.0 Å². The quantitative estimate of drug-likeness (QED) is 0.889. The monoisotopic (exact) mass is 254 g/mol. The Morgan fingerprint density at radius 1 is 1.44 bits per heavy atom. The molecule has 2 atom stereocenters. The second-order valence-corrected chi connectivity index (χ2v) is 4.56. The summed E-state index contributed by atoms with van der Waals surface area (Å²) in [5.41, 5.74) is 0. The predicted octanol–water partition coefficient (Wildman–Crippen LogP) is 1.66. The molecule has 1 aliphatic heterocycles. The molecule has 2 unspecified atom stereocenters. The number of halogens is 1. The van der Waals surface area contributed by atoms with Gasteiger partial charge in [-0.2, -0.15) is 4.98 Å². The van der Waals surface area contributed by atoms with Gasteiger partial charge in [-0.05, 0) is 20.8 Å². The van der Waals surface area contributed by atoms with Gasteiger partial charge in [0.05, 0.1) is 18.4 Å². The highest BCUT2D eigenvalue weighted by atomic mass is 19.1. The number of nitrogens with one attached hydrogen (secondary N) is 1. The molecule has 2 heterocycles. The van der Waals surface area contributed by atoms with E-state index in [4.69, 9.17) is 4.74 Å². The highest BCUT2D eigenvalue weighted by Crippen LogP contribution is 2.21. The molecule has 0 amide bonds. The van der Waals surface area contributed by atoms with Crippen LogP contribution in [0.5, 0.6) is 0 Å². The van der Waals surface area contributed by atoms with E-state index < -0.39 is 5.82 Å². The van der Waals surface area contributed by atoms with Crippen LogP contribution in [0.1, 0.15) is 20.8 Å². The summed E-state index contributed by atoms with van der Waals surface area (Å²) in [7, 11) is 0. The third-order valence-corrected chi connectivity index (χ3v) is 2.78. The maximum Gasteiger partial charge on any atom is 0.224 e. The largest absolute Gasteiger partial charge is 0.372 e. The molecule has 18 heavy (non-hydrogen) atoms. The van der Waals surface area contributed by atoms with Gasteiger partial charge in [-0.15, -0.1) is 0 Å². The third-order valence-electron chi connectivity index (χ3n) is 2.78. The lowest BCUT2D eigenvalue weighted by Crippen LogP contribution is -2.46. The lowest BCUT2D eigenvalue weighted by atomic mass is 10.2. The zero-order valence-corrected chi connectivity index (χ0v) is 11.0. The number of aromatic nitrogens is 2. The molecule has 0 spiro atoms. The van der Waals surface area contributed by atoms with E-state index in [1.165, 1.54) is 6.20 Å². The smallest absolute Gasteiger partial charge is 0.224 e. The molecule has 100 valence electrons. The lowest BCUT2D eigenvalue weighted by molar-refractivity contribution is -0.00565. The summed E-state index contributed by atoms with van der Waals surface area (Å²) in [6.45, 7) is 7.90. The first-order valence-corrected chi connectivity index (χ1v) is 6.27. The zero-order chi connectivity index (χ0) is 13.1. The van der Waals surface area contributed by atoms with Gasteiger partial charge in [0.1, 0.15) is 0 Å². The standard InChI is InChI=1S/C12H19FN4O/c1-4-14-12-15-5-10(13)11(16-12)17-6-8(2)18-9(3)7-17/h5,8-9H,4,6-7H2,1-3H3,(H,14,15,16). The molecule has 1 fully saturated rings. The SMILES string of the molecule is CCNc1ncc(F)c(N2CC(C)OC(C)C2)n1. The van der Waals surface area contributed by atoms with Crippen LogP contribution >= 0.6 is 0 Å². The molecule has 0 aromatic carbocycles. The maximum absolute atomic E-state index is 13.8. The normalized spacial score (nSPS) is 24.1. The molecule has 0 bridgehead atoms. The molecule has 0 saturated carbocycles. The van der Waals surface area contributed by atoms with Gasteiger partial charge in [0.25, 0.3) is 0 Å². The molecule has 1 saturated heterocycles. The van der Waals surface area contributed by atoms with Gasteiger partial charge in [0.15, 0.2) is 11.6 Å². The van der Waals surface area contributed by atoms with Gasteiger partial charge in [-0.1, -0.05) is 0 Å². The van der Waals surface area contributed by atoms with E-state index >= 15 is 0 Å². The van der Waals surface area contributed by atoms with E-state index in [2.05, 4.69) is 15.3 Å². The average Bonchev–Trinajstić information content (AvgIpc) is 2.30. The van der Waals surface area contributed by atoms with Crippen LogP contribution in [0.2, 0.25) is 0 Å². The van der Waals surface area contributed by atoms with Crippen LogP contribution in [0.15, 0.2) is 6.20 Å². The highest BCUT2D eigenvalue weighted by Gasteiger charge is 2.25. The molecule has 0 aliphatic carbocycles. The Morgan fingerprint density at radius 3 is 2.72 bits per heavy atom. The van der Waals surface area contributed by atoms with Crippen molar-refractivity contribution in [2.24, 2.45) is 0 Å². The molecule has 5 nitrogen and oxygen atoms in total. The second-order valence-electron chi connectivity index (χ2n) is 4.56. The Balaban J connectivity index is 2.22. The van der Waals surface area contributed by atoms with Crippen molar-refractivity contribution in [3.05, 3.63) is 12.0 Å². The van der Waals surface area contributed by atoms with E-state index in [0.29, 0.717) is 31.4 Å². The van der Waals surface area contributed by atoms with Gasteiger partial charge in [0.2, 0.25) is 5.95 Å². The summed E-state index contributed by atoms with van der Waals surface area (Å²) in [5, 5.41) is 2.99. The van der Waals surface area contributed by atoms with E-state index in [1.54, 1.807) is 0 Å². The van der Waals surface area contributed by atoms with E-state index in [1.807, 2.05) is 25.7 Å². The van der Waals surface area contributed by atoms with Crippen molar-refractivity contribution in [1.29, 1.82) is 0 Å². The first-order chi connectivity index (χ1) is 8.60. The Kier molecular flexibility index (Phi) is 3.96. The number of hydrogen-bond donors (Lipinski definition) is 1. The van der Waals surface area contributed by atoms with E-state index in [9.17, 15) is 4.39 Å². The van der Waals surface area contributed by atoms with Crippen molar-refractivity contribution in [2.75, 3.05) is 29.9 Å². The third kappa shape index (κ3) is 2.87. The Hall–Kier alpha value is -1.43. The second kappa shape index (κ2) is 5.48. The van der Waals surface area contributed by atoms with Crippen LogP contribution in [-0.2, 0) is 4.74 Å². The fourth-order valence-corrected chi connectivity index (χ4v) is 2.17. The molecule has 1 N–H and O–H groups in total. The number of anilines is 2. The van der Waals surface area contributed by atoms with Crippen LogP contribution < -0.4 is 10.2 Å². The fourth-order valence-electron chi connectivity index (χ4n) is 2.17. The minimum atomic E-state index is -0.391. The highest BCUT2D eigenvalue weighted by molar-refractivity contribution is 5.44. The fraction of sp³-hybridized carbons (Fsp3) is 0.667. The number of ether oxygens (including phenoxy) is 1. The number of morpholine rings is 1. The van der Waals surface area contributed by atoms with Gasteiger partial charge >= 0.3 is 0 Å². The number of rotatable bonds is 3. The molecule has 1 aromatic heterocycles. The summed E-state index contributed by atoms with van der Waals surface area (Å²) in [6.07, 6.45) is 1.36. The molecular formula is C12H19FN4O. The van der Waals surface area contributed by atoms with Crippen molar-refractivity contribution in [1.82, 2.24) is 9.97 Å². The van der Waals surface area contributed by atoms with E-state index in [-0.39, 0.29) is 12.2 Å². The zero-order valence-electron chi connectivity index (χ0n) is 11.0. The van der Waals surface area contributed by atoms with Crippen molar-refractivity contribution < 1.29 is 9.13 Å². The van der Waals surface area contributed by atoms with Crippen molar-refractivity contribution in [2.45, 2.75) is 33.0 Å². The Labute approximate surface area is 106 Å². The number of nitrogens with zero attached hydrogens (tertiary/aromatic N) is 3. The molecule has 1 aromatic rings. The Bertz CT molecular complexity index is 405. The molecule has 1 aliphatic rings. The molecule has 6 heteroatoms. The average molecular weight is 254 g/mol. The van der Waals surface area contributed by atoms with Crippen LogP contribution in [-0.4, -0.2) is 41.8 Å². The van der Waals surface area contributed by atoms with Crippen LogP contribution in [0, 0.1) is 5.82 Å². The van der Waals surface area contributed by atoms with Crippen molar-refractivity contribution in [3.63, 3.8) is 0 Å². The summed E-state index contributed by atoms with van der Waals surface area (Å²) >= 11 is 0. The van der Waals surface area contributed by atoms with Gasteiger partial charge in [-0.3, -0.25) is 0 Å². The topological polar surface area (TPSA) is 50.3 Å². The summed E-state index contributed by atoms with van der Waals surface area (Å²) in [5.74, 6) is 0.418. The summed E-state index contributed by atoms with van der Waals surface area (Å²) in [4.78, 5) is 10.0. The molecule has 0 radical (unpaired) electrons. The summed E-state index contributed by atoms with van der Waals surface area (Å²) < 4.78 is 19.4. The van der Waals surface area contributed by atoms with Crippen LogP contribution in [0.25, 0.3) is 0 Å². The predicted molar refractivity (Wildman–Crippen MR) is 68.4 cm³/mol. The maximum atomic E-state index is 13.8. The van der Waals surface area contributed by atoms with Crippen molar-refractivity contribution in [3.8, 4) is 0 Å². The molecular weight excluding hydrogens is 235 g/mol. The van der Waals surface area contributed by atoms with Gasteiger partial charge in [0, 0.05) is 19.6 Å². The van der Waals surface area contributed by atoms with Crippen LogP contribution in [0.4, 0.5) is 16.2 Å². The minimum Gasteiger partial charge on any atom is -0.372 e. The number of hydrogen-bond acceptors (Lipinski definition) is 5.